The molecule has 4 nitrogen and oxygen atoms in total. The van der Waals surface area contributed by atoms with Crippen LogP contribution in [0.15, 0.2) is 30.3 Å². The first-order valence-electron chi connectivity index (χ1n) is 5.70. The van der Waals surface area contributed by atoms with Crippen LogP contribution in [0.4, 0.5) is 4.79 Å². The molecule has 94 valence electrons. The van der Waals surface area contributed by atoms with Gasteiger partial charge in [-0.25, -0.2) is 4.79 Å². The lowest BCUT2D eigenvalue weighted by molar-refractivity contribution is 0.157. The minimum absolute atomic E-state index is 0.0476. The van der Waals surface area contributed by atoms with E-state index in [1.807, 2.05) is 44.2 Å². The van der Waals surface area contributed by atoms with Gasteiger partial charge < -0.3 is 15.7 Å². The SMILES string of the molecule is CC(C)(CO)CNC(=O)NCc1ccccc1. The van der Waals surface area contributed by atoms with Gasteiger partial charge in [0.15, 0.2) is 0 Å². The van der Waals surface area contributed by atoms with Gasteiger partial charge in [0, 0.05) is 25.1 Å². The molecule has 0 saturated heterocycles. The van der Waals surface area contributed by atoms with Crippen LogP contribution in [-0.4, -0.2) is 24.3 Å². The maximum absolute atomic E-state index is 11.5. The average molecular weight is 236 g/mol. The molecule has 0 spiro atoms. The lowest BCUT2D eigenvalue weighted by Crippen LogP contribution is -2.41. The van der Waals surface area contributed by atoms with Crippen LogP contribution in [0.5, 0.6) is 0 Å². The summed E-state index contributed by atoms with van der Waals surface area (Å²) in [6.45, 7) is 4.79. The van der Waals surface area contributed by atoms with E-state index in [4.69, 9.17) is 5.11 Å². The number of urea groups is 1. The summed E-state index contributed by atoms with van der Waals surface area (Å²) >= 11 is 0. The van der Waals surface area contributed by atoms with Crippen LogP contribution >= 0.6 is 0 Å². The van der Waals surface area contributed by atoms with E-state index in [1.54, 1.807) is 0 Å². The van der Waals surface area contributed by atoms with Crippen LogP contribution in [0.3, 0.4) is 0 Å². The summed E-state index contributed by atoms with van der Waals surface area (Å²) in [7, 11) is 0. The Morgan fingerprint density at radius 3 is 2.47 bits per heavy atom. The molecule has 1 rings (SSSR count). The van der Waals surface area contributed by atoms with E-state index in [0.29, 0.717) is 13.1 Å². The second-order valence-corrected chi connectivity index (χ2v) is 4.84. The molecule has 1 aromatic carbocycles. The number of hydrogen-bond donors (Lipinski definition) is 3. The second kappa shape index (κ2) is 6.25. The van der Waals surface area contributed by atoms with Crippen molar-refractivity contribution in [1.29, 1.82) is 0 Å². The normalized spacial score (nSPS) is 11.0. The first kappa shape index (κ1) is 13.5. The number of carbonyl (C=O) groups excluding carboxylic acids is 1. The zero-order valence-corrected chi connectivity index (χ0v) is 10.4. The van der Waals surface area contributed by atoms with Crippen molar-refractivity contribution < 1.29 is 9.90 Å². The average Bonchev–Trinajstić information content (AvgIpc) is 2.35. The zero-order chi connectivity index (χ0) is 12.7. The van der Waals surface area contributed by atoms with Gasteiger partial charge in [0.05, 0.1) is 0 Å². The molecule has 0 bridgehead atoms. The highest BCUT2D eigenvalue weighted by Crippen LogP contribution is 2.10. The molecule has 17 heavy (non-hydrogen) atoms. The lowest BCUT2D eigenvalue weighted by atomic mass is 9.95. The third-order valence-electron chi connectivity index (χ3n) is 2.45. The Bertz CT molecular complexity index is 350. The summed E-state index contributed by atoms with van der Waals surface area (Å²) in [5, 5.41) is 14.5. The van der Waals surface area contributed by atoms with E-state index >= 15 is 0 Å². The summed E-state index contributed by atoms with van der Waals surface area (Å²) < 4.78 is 0. The van der Waals surface area contributed by atoms with Crippen molar-refractivity contribution in [3.8, 4) is 0 Å². The summed E-state index contributed by atoms with van der Waals surface area (Å²) in [6, 6.07) is 9.51. The number of nitrogens with one attached hydrogen (secondary N) is 2. The van der Waals surface area contributed by atoms with Crippen LogP contribution < -0.4 is 10.6 Å². The van der Waals surface area contributed by atoms with Gasteiger partial charge in [-0.2, -0.15) is 0 Å². The number of aliphatic hydroxyl groups excluding tert-OH is 1. The predicted octanol–water partition coefficient (Wildman–Crippen LogP) is 1.50. The standard InChI is InChI=1S/C13H20N2O2/c1-13(2,10-16)9-15-12(17)14-8-11-6-4-3-5-7-11/h3-7,16H,8-10H2,1-2H3,(H2,14,15,17). The fourth-order valence-corrected chi connectivity index (χ4v) is 1.22. The number of amides is 2. The van der Waals surface area contributed by atoms with E-state index in [2.05, 4.69) is 10.6 Å². The quantitative estimate of drug-likeness (QED) is 0.725. The number of rotatable bonds is 5. The monoisotopic (exact) mass is 236 g/mol. The first-order chi connectivity index (χ1) is 8.03. The Labute approximate surface area is 102 Å². The summed E-state index contributed by atoms with van der Waals surface area (Å²) in [5.74, 6) is 0. The van der Waals surface area contributed by atoms with Gasteiger partial charge in [-0.1, -0.05) is 44.2 Å². The number of aliphatic hydroxyl groups is 1. The van der Waals surface area contributed by atoms with Crippen molar-refractivity contribution >= 4 is 6.03 Å². The molecule has 0 fully saturated rings. The lowest BCUT2D eigenvalue weighted by Gasteiger charge is -2.21. The molecule has 0 aliphatic heterocycles. The van der Waals surface area contributed by atoms with Crippen molar-refractivity contribution in [3.63, 3.8) is 0 Å². The van der Waals surface area contributed by atoms with E-state index in [-0.39, 0.29) is 18.1 Å². The molecular weight excluding hydrogens is 216 g/mol. The first-order valence-corrected chi connectivity index (χ1v) is 5.70. The molecule has 0 heterocycles. The summed E-state index contributed by atoms with van der Waals surface area (Å²) in [5.41, 5.74) is 0.772. The summed E-state index contributed by atoms with van der Waals surface area (Å²) in [6.07, 6.45) is 0. The molecule has 4 heteroatoms. The zero-order valence-electron chi connectivity index (χ0n) is 10.4. The van der Waals surface area contributed by atoms with Gasteiger partial charge in [0.1, 0.15) is 0 Å². The Morgan fingerprint density at radius 1 is 1.24 bits per heavy atom. The van der Waals surface area contributed by atoms with Crippen LogP contribution in [0.25, 0.3) is 0 Å². The molecule has 3 N–H and O–H groups in total. The molecule has 0 saturated carbocycles. The van der Waals surface area contributed by atoms with Crippen molar-refractivity contribution in [3.05, 3.63) is 35.9 Å². The molecule has 0 aliphatic carbocycles. The van der Waals surface area contributed by atoms with Crippen molar-refractivity contribution in [1.82, 2.24) is 10.6 Å². The van der Waals surface area contributed by atoms with E-state index in [1.165, 1.54) is 0 Å². The fraction of sp³-hybridized carbons (Fsp3) is 0.462. The minimum Gasteiger partial charge on any atom is -0.396 e. The van der Waals surface area contributed by atoms with Gasteiger partial charge in [-0.05, 0) is 5.56 Å². The van der Waals surface area contributed by atoms with Gasteiger partial charge in [-0.3, -0.25) is 0 Å². The van der Waals surface area contributed by atoms with Crippen molar-refractivity contribution in [2.45, 2.75) is 20.4 Å². The van der Waals surface area contributed by atoms with E-state index in [0.717, 1.165) is 5.56 Å². The van der Waals surface area contributed by atoms with Crippen LogP contribution in [0, 0.1) is 5.41 Å². The predicted molar refractivity (Wildman–Crippen MR) is 67.5 cm³/mol. The van der Waals surface area contributed by atoms with E-state index < -0.39 is 0 Å². The van der Waals surface area contributed by atoms with Gasteiger partial charge in [0.2, 0.25) is 0 Å². The smallest absolute Gasteiger partial charge is 0.315 e. The number of benzene rings is 1. The Kier molecular flexibility index (Phi) is 4.97. The van der Waals surface area contributed by atoms with E-state index in [9.17, 15) is 4.79 Å². The molecule has 2 amide bonds. The van der Waals surface area contributed by atoms with Gasteiger partial charge >= 0.3 is 6.03 Å². The summed E-state index contributed by atoms with van der Waals surface area (Å²) in [4.78, 5) is 11.5. The van der Waals surface area contributed by atoms with Crippen LogP contribution in [0.1, 0.15) is 19.4 Å². The number of hydrogen-bond acceptors (Lipinski definition) is 2. The second-order valence-electron chi connectivity index (χ2n) is 4.84. The molecule has 0 aromatic heterocycles. The Balaban J connectivity index is 2.27. The molecule has 0 unspecified atom stereocenters. The van der Waals surface area contributed by atoms with Crippen LogP contribution in [0.2, 0.25) is 0 Å². The third-order valence-corrected chi connectivity index (χ3v) is 2.45. The molecule has 0 atom stereocenters. The maximum atomic E-state index is 11.5. The van der Waals surface area contributed by atoms with Crippen LogP contribution in [-0.2, 0) is 6.54 Å². The molecular formula is C13H20N2O2. The number of carbonyl (C=O) groups is 1. The largest absolute Gasteiger partial charge is 0.396 e. The van der Waals surface area contributed by atoms with Crippen molar-refractivity contribution in [2.75, 3.05) is 13.2 Å². The Morgan fingerprint density at radius 2 is 1.88 bits per heavy atom. The third kappa shape index (κ3) is 5.36. The highest BCUT2D eigenvalue weighted by molar-refractivity contribution is 5.73. The Hall–Kier alpha value is -1.55. The highest BCUT2D eigenvalue weighted by Gasteiger charge is 2.17. The fourth-order valence-electron chi connectivity index (χ4n) is 1.22. The molecule has 1 aromatic rings. The topological polar surface area (TPSA) is 61.4 Å². The molecule has 0 aliphatic rings. The highest BCUT2D eigenvalue weighted by atomic mass is 16.3. The van der Waals surface area contributed by atoms with Gasteiger partial charge in [0.25, 0.3) is 0 Å². The van der Waals surface area contributed by atoms with Gasteiger partial charge in [-0.15, -0.1) is 0 Å². The minimum atomic E-state index is -0.288. The maximum Gasteiger partial charge on any atom is 0.315 e. The van der Waals surface area contributed by atoms with Crippen molar-refractivity contribution in [2.24, 2.45) is 5.41 Å². The molecule has 0 radical (unpaired) electrons.